The molecule has 1 aromatic heterocycles. The van der Waals surface area contributed by atoms with Gasteiger partial charge < -0.3 is 9.80 Å². The summed E-state index contributed by atoms with van der Waals surface area (Å²) in [7, 11) is 0. The number of thiophene rings is 1. The largest absolute Gasteiger partial charge is 0.333 e. The van der Waals surface area contributed by atoms with Crippen molar-refractivity contribution in [3.63, 3.8) is 0 Å². The van der Waals surface area contributed by atoms with Gasteiger partial charge in [0.25, 0.3) is 0 Å². The van der Waals surface area contributed by atoms with Crippen LogP contribution in [0.25, 0.3) is 0 Å². The van der Waals surface area contributed by atoms with E-state index in [0.29, 0.717) is 19.0 Å². The molecule has 0 saturated heterocycles. The molecule has 2 amide bonds. The van der Waals surface area contributed by atoms with Gasteiger partial charge in [0.15, 0.2) is 0 Å². The van der Waals surface area contributed by atoms with E-state index >= 15 is 0 Å². The van der Waals surface area contributed by atoms with Crippen LogP contribution >= 0.6 is 11.3 Å². The first-order valence-electron chi connectivity index (χ1n) is 11.2. The molecule has 1 aromatic carbocycles. The molecule has 0 radical (unpaired) electrons. The second-order valence-electron chi connectivity index (χ2n) is 9.04. The molecule has 2 heterocycles. The molecule has 5 heteroatoms. The van der Waals surface area contributed by atoms with Gasteiger partial charge in [0.1, 0.15) is 0 Å². The van der Waals surface area contributed by atoms with Crippen LogP contribution in [0.3, 0.4) is 0 Å². The standard InChI is InChI=1S/C25H32N2O2S/c1-18(2)16-26(25(29)20-10-6-7-11-20)17-23(28)27-14-12-22-21(13-15-30-22)24(27)19-8-4-3-5-9-19/h3-5,8-9,13,15,18,20,24H,6-7,10-12,14,16-17H2,1-2H3/t24-/m0/s1. The zero-order valence-electron chi connectivity index (χ0n) is 18.0. The van der Waals surface area contributed by atoms with E-state index in [4.69, 9.17) is 0 Å². The van der Waals surface area contributed by atoms with E-state index in [1.165, 1.54) is 10.4 Å². The fourth-order valence-corrected chi connectivity index (χ4v) is 5.84. The molecule has 2 aliphatic rings. The van der Waals surface area contributed by atoms with Crippen LogP contribution in [0.2, 0.25) is 0 Å². The third kappa shape index (κ3) is 4.46. The topological polar surface area (TPSA) is 40.6 Å². The molecular weight excluding hydrogens is 392 g/mol. The van der Waals surface area contributed by atoms with Crippen molar-refractivity contribution >= 4 is 23.2 Å². The maximum Gasteiger partial charge on any atom is 0.242 e. The fraction of sp³-hybridized carbons (Fsp3) is 0.520. The Balaban J connectivity index is 1.57. The normalized spacial score (nSPS) is 19.2. The number of nitrogens with zero attached hydrogens (tertiary/aromatic N) is 2. The van der Waals surface area contributed by atoms with Gasteiger partial charge in [-0.1, -0.05) is 57.0 Å². The molecule has 2 aromatic rings. The maximum atomic E-state index is 13.6. The smallest absolute Gasteiger partial charge is 0.242 e. The highest BCUT2D eigenvalue weighted by molar-refractivity contribution is 7.10. The number of amides is 2. The predicted octanol–water partition coefficient (Wildman–Crippen LogP) is 4.90. The summed E-state index contributed by atoms with van der Waals surface area (Å²) < 4.78 is 0. The number of hydrogen-bond donors (Lipinski definition) is 0. The van der Waals surface area contributed by atoms with E-state index in [1.54, 1.807) is 11.3 Å². The van der Waals surface area contributed by atoms with Gasteiger partial charge in [0, 0.05) is 23.9 Å². The van der Waals surface area contributed by atoms with Crippen LogP contribution in [0, 0.1) is 11.8 Å². The summed E-state index contributed by atoms with van der Waals surface area (Å²) in [6.45, 7) is 5.78. The number of carbonyl (C=O) groups excluding carboxylic acids is 2. The van der Waals surface area contributed by atoms with Crippen molar-refractivity contribution in [3.8, 4) is 0 Å². The number of hydrogen-bond acceptors (Lipinski definition) is 3. The molecule has 1 saturated carbocycles. The first-order valence-corrected chi connectivity index (χ1v) is 12.1. The zero-order valence-corrected chi connectivity index (χ0v) is 18.9. The average Bonchev–Trinajstić information content (AvgIpc) is 3.44. The van der Waals surface area contributed by atoms with Crippen molar-refractivity contribution in [3.05, 3.63) is 57.8 Å². The lowest BCUT2D eigenvalue weighted by molar-refractivity contribution is -0.144. The van der Waals surface area contributed by atoms with Gasteiger partial charge in [0.2, 0.25) is 11.8 Å². The minimum atomic E-state index is -0.0591. The summed E-state index contributed by atoms with van der Waals surface area (Å²) in [5.41, 5.74) is 2.38. The highest BCUT2D eigenvalue weighted by atomic mass is 32.1. The van der Waals surface area contributed by atoms with Crippen molar-refractivity contribution in [1.82, 2.24) is 9.80 Å². The summed E-state index contributed by atoms with van der Waals surface area (Å²) in [4.78, 5) is 31.9. The Hall–Kier alpha value is -2.14. The molecule has 0 spiro atoms. The first kappa shape index (κ1) is 21.1. The molecule has 1 atom stereocenters. The molecule has 1 aliphatic carbocycles. The Morgan fingerprint density at radius 2 is 1.87 bits per heavy atom. The SMILES string of the molecule is CC(C)CN(CC(=O)N1CCc2sccc2[C@@H]1c1ccccc1)C(=O)C1CCCC1. The van der Waals surface area contributed by atoms with Crippen LogP contribution in [-0.2, 0) is 16.0 Å². The van der Waals surface area contributed by atoms with E-state index in [-0.39, 0.29) is 30.3 Å². The van der Waals surface area contributed by atoms with E-state index < -0.39 is 0 Å². The van der Waals surface area contributed by atoms with Crippen LogP contribution in [0.5, 0.6) is 0 Å². The van der Waals surface area contributed by atoms with Gasteiger partial charge in [-0.2, -0.15) is 0 Å². The second kappa shape index (κ2) is 9.34. The molecule has 4 rings (SSSR count). The molecule has 0 N–H and O–H groups in total. The molecule has 160 valence electrons. The lowest BCUT2D eigenvalue weighted by Gasteiger charge is -2.38. The van der Waals surface area contributed by atoms with Crippen molar-refractivity contribution < 1.29 is 9.59 Å². The Labute approximate surface area is 183 Å². The lowest BCUT2D eigenvalue weighted by atomic mass is 9.93. The highest BCUT2D eigenvalue weighted by Crippen LogP contribution is 2.38. The van der Waals surface area contributed by atoms with E-state index in [1.807, 2.05) is 28.0 Å². The first-order chi connectivity index (χ1) is 14.5. The van der Waals surface area contributed by atoms with Gasteiger partial charge in [-0.25, -0.2) is 0 Å². The summed E-state index contributed by atoms with van der Waals surface area (Å²) >= 11 is 1.78. The van der Waals surface area contributed by atoms with Gasteiger partial charge in [-0.3, -0.25) is 9.59 Å². The number of fused-ring (bicyclic) bond motifs is 1. The Bertz CT molecular complexity index is 870. The Kier molecular flexibility index (Phi) is 6.57. The van der Waals surface area contributed by atoms with Crippen molar-refractivity contribution in [2.75, 3.05) is 19.6 Å². The van der Waals surface area contributed by atoms with Crippen LogP contribution < -0.4 is 0 Å². The summed E-state index contributed by atoms with van der Waals surface area (Å²) in [5, 5.41) is 2.13. The minimum absolute atomic E-state index is 0.0591. The Morgan fingerprint density at radius 1 is 1.13 bits per heavy atom. The van der Waals surface area contributed by atoms with E-state index in [2.05, 4.69) is 37.4 Å². The van der Waals surface area contributed by atoms with Gasteiger partial charge in [-0.15, -0.1) is 11.3 Å². The van der Waals surface area contributed by atoms with Gasteiger partial charge >= 0.3 is 0 Å². The number of carbonyl (C=O) groups is 2. The molecular formula is C25H32N2O2S. The number of benzene rings is 1. The molecule has 1 aliphatic heterocycles. The molecule has 0 unspecified atom stereocenters. The van der Waals surface area contributed by atoms with Gasteiger partial charge in [0.05, 0.1) is 12.6 Å². The second-order valence-corrected chi connectivity index (χ2v) is 10.0. The lowest BCUT2D eigenvalue weighted by Crippen LogP contribution is -2.48. The van der Waals surface area contributed by atoms with Crippen LogP contribution in [0.1, 0.15) is 61.6 Å². The quantitative estimate of drug-likeness (QED) is 0.662. The predicted molar refractivity (Wildman–Crippen MR) is 121 cm³/mol. The number of rotatable bonds is 6. The van der Waals surface area contributed by atoms with E-state index in [9.17, 15) is 9.59 Å². The van der Waals surface area contributed by atoms with Gasteiger partial charge in [-0.05, 0) is 47.8 Å². The third-order valence-electron chi connectivity index (χ3n) is 6.33. The van der Waals surface area contributed by atoms with Crippen LogP contribution in [0.15, 0.2) is 41.8 Å². The highest BCUT2D eigenvalue weighted by Gasteiger charge is 2.35. The average molecular weight is 425 g/mol. The monoisotopic (exact) mass is 424 g/mol. The molecule has 4 nitrogen and oxygen atoms in total. The van der Waals surface area contributed by atoms with Crippen molar-refractivity contribution in [2.45, 2.75) is 52.0 Å². The zero-order chi connectivity index (χ0) is 21.1. The van der Waals surface area contributed by atoms with E-state index in [0.717, 1.165) is 37.7 Å². The third-order valence-corrected chi connectivity index (χ3v) is 7.33. The maximum absolute atomic E-state index is 13.6. The molecule has 0 bridgehead atoms. The molecule has 30 heavy (non-hydrogen) atoms. The fourth-order valence-electron chi connectivity index (χ4n) is 4.94. The summed E-state index contributed by atoms with van der Waals surface area (Å²) in [5.74, 6) is 0.691. The summed E-state index contributed by atoms with van der Waals surface area (Å²) in [6, 6.07) is 12.4. The summed E-state index contributed by atoms with van der Waals surface area (Å²) in [6.07, 6.45) is 5.08. The molecule has 1 fully saturated rings. The Morgan fingerprint density at radius 3 is 2.57 bits per heavy atom. The van der Waals surface area contributed by atoms with Crippen LogP contribution in [-0.4, -0.2) is 41.2 Å². The van der Waals surface area contributed by atoms with Crippen LogP contribution in [0.4, 0.5) is 0 Å². The van der Waals surface area contributed by atoms with Crippen molar-refractivity contribution in [1.29, 1.82) is 0 Å². The minimum Gasteiger partial charge on any atom is -0.333 e. The van der Waals surface area contributed by atoms with Crippen molar-refractivity contribution in [2.24, 2.45) is 11.8 Å².